The van der Waals surface area contributed by atoms with E-state index in [1.807, 2.05) is 61.7 Å². The molecule has 0 radical (unpaired) electrons. The van der Waals surface area contributed by atoms with E-state index in [0.717, 1.165) is 64.2 Å². The molecule has 2 aliphatic rings. The highest BCUT2D eigenvalue weighted by atomic mass is 16.2. The number of hydrogen-bond acceptors (Lipinski definition) is 6. The van der Waals surface area contributed by atoms with E-state index in [-0.39, 0.29) is 17.4 Å². The summed E-state index contributed by atoms with van der Waals surface area (Å²) >= 11 is 0. The van der Waals surface area contributed by atoms with Gasteiger partial charge in [-0.3, -0.25) is 25.0 Å². The predicted octanol–water partition coefficient (Wildman–Crippen LogP) is 6.90. The van der Waals surface area contributed by atoms with E-state index in [1.165, 1.54) is 0 Å². The number of amides is 2. The number of urea groups is 1. The molecule has 1 saturated heterocycles. The Bertz CT molecular complexity index is 1910. The van der Waals surface area contributed by atoms with Gasteiger partial charge in [0.15, 0.2) is 0 Å². The van der Waals surface area contributed by atoms with Gasteiger partial charge in [-0.05, 0) is 48.6 Å². The zero-order valence-electron chi connectivity index (χ0n) is 26.0. The number of anilines is 2. The summed E-state index contributed by atoms with van der Waals surface area (Å²) in [5.41, 5.74) is 6.09. The van der Waals surface area contributed by atoms with Crippen LogP contribution >= 0.6 is 0 Å². The number of ketones is 1. The molecule has 5 aromatic rings. The maximum atomic E-state index is 13.4. The molecule has 45 heavy (non-hydrogen) atoms. The Kier molecular flexibility index (Phi) is 7.20. The van der Waals surface area contributed by atoms with Crippen molar-refractivity contribution >= 4 is 34.1 Å². The molecule has 2 atom stereocenters. The average Bonchev–Trinajstić information content (AvgIpc) is 3.72. The Hall–Kier alpha value is -4.89. The second-order valence-electron chi connectivity index (χ2n) is 13.2. The number of Topliss-reactive ketones (excluding diaryl/α,β-unsaturated/α-hetero) is 1. The second-order valence-corrected chi connectivity index (χ2v) is 13.2. The van der Waals surface area contributed by atoms with Crippen LogP contribution in [-0.2, 0) is 16.8 Å². The Labute approximate surface area is 262 Å². The van der Waals surface area contributed by atoms with Crippen LogP contribution in [0, 0.1) is 12.8 Å². The molecular formula is C36H37N7O2. The highest BCUT2D eigenvalue weighted by Gasteiger charge is 2.43. The highest BCUT2D eigenvalue weighted by molar-refractivity contribution is 6.09. The first-order valence-corrected chi connectivity index (χ1v) is 15.5. The van der Waals surface area contributed by atoms with Gasteiger partial charge in [0.25, 0.3) is 0 Å². The summed E-state index contributed by atoms with van der Waals surface area (Å²) in [5.74, 6) is 1.19. The third-order valence-corrected chi connectivity index (χ3v) is 8.95. The van der Waals surface area contributed by atoms with Crippen molar-refractivity contribution in [2.24, 2.45) is 5.92 Å². The van der Waals surface area contributed by atoms with Crippen LogP contribution in [0.25, 0.3) is 27.6 Å². The van der Waals surface area contributed by atoms with E-state index in [0.29, 0.717) is 29.8 Å². The van der Waals surface area contributed by atoms with Gasteiger partial charge in [0.1, 0.15) is 11.6 Å². The van der Waals surface area contributed by atoms with Crippen molar-refractivity contribution in [3.8, 4) is 16.8 Å². The van der Waals surface area contributed by atoms with Crippen molar-refractivity contribution in [3.05, 3.63) is 96.2 Å². The second kappa shape index (κ2) is 11.2. The van der Waals surface area contributed by atoms with E-state index in [2.05, 4.69) is 59.5 Å². The lowest BCUT2D eigenvalue weighted by atomic mass is 9.92. The van der Waals surface area contributed by atoms with Gasteiger partial charge >= 0.3 is 6.03 Å². The molecule has 2 bridgehead atoms. The van der Waals surface area contributed by atoms with Gasteiger partial charge in [0.05, 0.1) is 29.0 Å². The van der Waals surface area contributed by atoms with Gasteiger partial charge in [0.2, 0.25) is 0 Å². The zero-order chi connectivity index (χ0) is 31.3. The summed E-state index contributed by atoms with van der Waals surface area (Å²) in [6, 6.07) is 22.0. The molecule has 1 aliphatic heterocycles. The fraction of sp³-hybridized carbons (Fsp3) is 0.306. The Balaban J connectivity index is 1.11. The van der Waals surface area contributed by atoms with Crippen molar-refractivity contribution in [2.45, 2.75) is 58.5 Å². The summed E-state index contributed by atoms with van der Waals surface area (Å²) in [6.45, 7) is 9.83. The summed E-state index contributed by atoms with van der Waals surface area (Å²) in [7, 11) is 0. The Morgan fingerprint density at radius 1 is 0.956 bits per heavy atom. The lowest BCUT2D eigenvalue weighted by molar-refractivity contribution is -0.122. The molecule has 2 aromatic carbocycles. The van der Waals surface area contributed by atoms with Crippen molar-refractivity contribution in [3.63, 3.8) is 0 Å². The average molecular weight is 600 g/mol. The molecular weight excluding hydrogens is 562 g/mol. The van der Waals surface area contributed by atoms with Gasteiger partial charge in [-0.1, -0.05) is 57.2 Å². The van der Waals surface area contributed by atoms with Crippen LogP contribution in [0.2, 0.25) is 0 Å². The number of aryl methyl sites for hydroxylation is 1. The largest absolute Gasteiger partial charge is 0.324 e. The summed E-state index contributed by atoms with van der Waals surface area (Å²) in [5, 5.41) is 12.8. The molecule has 7 rings (SSSR count). The molecule has 228 valence electrons. The minimum atomic E-state index is -0.363. The fourth-order valence-corrected chi connectivity index (χ4v) is 6.46. The summed E-state index contributed by atoms with van der Waals surface area (Å²) in [4.78, 5) is 36.9. The molecule has 0 spiro atoms. The summed E-state index contributed by atoms with van der Waals surface area (Å²) in [6.07, 6.45) is 5.35. The molecule has 2 N–H and O–H groups in total. The molecule has 2 unspecified atom stereocenters. The predicted molar refractivity (Wildman–Crippen MR) is 177 cm³/mol. The molecule has 9 heteroatoms. The van der Waals surface area contributed by atoms with E-state index in [1.54, 1.807) is 10.9 Å². The Morgan fingerprint density at radius 3 is 2.44 bits per heavy atom. The number of rotatable bonds is 6. The van der Waals surface area contributed by atoms with E-state index in [4.69, 9.17) is 10.1 Å². The van der Waals surface area contributed by atoms with Crippen molar-refractivity contribution < 1.29 is 9.59 Å². The molecule has 2 fully saturated rings. The van der Waals surface area contributed by atoms with Crippen molar-refractivity contribution in [1.29, 1.82) is 0 Å². The monoisotopic (exact) mass is 599 g/mol. The van der Waals surface area contributed by atoms with Crippen LogP contribution in [0.4, 0.5) is 16.3 Å². The summed E-state index contributed by atoms with van der Waals surface area (Å²) < 4.78 is 1.72. The number of piperidine rings is 1. The maximum absolute atomic E-state index is 13.4. The zero-order valence-corrected chi connectivity index (χ0v) is 26.0. The van der Waals surface area contributed by atoms with Crippen molar-refractivity contribution in [1.82, 2.24) is 24.6 Å². The van der Waals surface area contributed by atoms with Crippen LogP contribution in [-0.4, -0.2) is 49.0 Å². The number of benzene rings is 2. The normalized spacial score (nSPS) is 18.1. The third kappa shape index (κ3) is 5.71. The number of fused-ring (bicyclic) bond motifs is 3. The smallest absolute Gasteiger partial charge is 0.307 e. The SMILES string of the molecule is Cc1ccc(-n2nc(C(C)(C)C)cc2NC(=O)Nc2ccc(-c3ccc(CN4CC5CC4CC5=O)nc3)c3ccccc23)cn1. The van der Waals surface area contributed by atoms with Gasteiger partial charge in [-0.25, -0.2) is 9.48 Å². The van der Waals surface area contributed by atoms with Crippen molar-refractivity contribution in [2.75, 3.05) is 17.2 Å². The van der Waals surface area contributed by atoms with Gasteiger partial charge in [-0.15, -0.1) is 0 Å². The lowest BCUT2D eigenvalue weighted by Crippen LogP contribution is -2.35. The van der Waals surface area contributed by atoms with E-state index in [9.17, 15) is 9.59 Å². The standard InChI is InChI=1S/C36H37N7O2/c1-22-9-12-26(19-37-22)43-34(17-33(41-43)36(2,3)4)40-35(45)39-31-14-13-28(29-7-5-6-8-30(29)31)23-10-11-25(38-18-23)21-42-20-24-15-27(42)16-32(24)44/h5-14,17-19,24,27H,15-16,20-21H2,1-4H3,(H2,39,40,45). The topological polar surface area (TPSA) is 105 Å². The minimum Gasteiger partial charge on any atom is -0.307 e. The first-order valence-electron chi connectivity index (χ1n) is 15.5. The first kappa shape index (κ1) is 28.9. The maximum Gasteiger partial charge on any atom is 0.324 e. The fourth-order valence-electron chi connectivity index (χ4n) is 6.46. The number of pyridine rings is 2. The highest BCUT2D eigenvalue weighted by Crippen LogP contribution is 2.37. The van der Waals surface area contributed by atoms with Crippen LogP contribution in [0.1, 0.15) is 50.7 Å². The van der Waals surface area contributed by atoms with Crippen LogP contribution in [0.5, 0.6) is 0 Å². The van der Waals surface area contributed by atoms with Crippen LogP contribution < -0.4 is 10.6 Å². The van der Waals surface area contributed by atoms with E-state index >= 15 is 0 Å². The Morgan fingerprint density at radius 2 is 1.78 bits per heavy atom. The molecule has 1 aliphatic carbocycles. The first-order chi connectivity index (χ1) is 21.6. The van der Waals surface area contributed by atoms with Gasteiger partial charge in [0, 0.05) is 65.8 Å². The number of aromatic nitrogens is 4. The minimum absolute atomic E-state index is 0.205. The molecule has 3 aromatic heterocycles. The lowest BCUT2D eigenvalue weighted by Gasteiger charge is -2.25. The quantitative estimate of drug-likeness (QED) is 0.220. The molecule has 1 saturated carbocycles. The van der Waals surface area contributed by atoms with Crippen LogP contribution in [0.15, 0.2) is 79.1 Å². The number of nitrogens with one attached hydrogen (secondary N) is 2. The molecule has 2 amide bonds. The van der Waals surface area contributed by atoms with E-state index < -0.39 is 0 Å². The number of hydrogen-bond donors (Lipinski definition) is 2. The molecule has 9 nitrogen and oxygen atoms in total. The van der Waals surface area contributed by atoms with Gasteiger partial charge in [-0.2, -0.15) is 5.10 Å². The third-order valence-electron chi connectivity index (χ3n) is 8.95. The number of nitrogens with zero attached hydrogens (tertiary/aromatic N) is 5. The number of carbonyl (C=O) groups is 2. The van der Waals surface area contributed by atoms with Crippen LogP contribution in [0.3, 0.4) is 0 Å². The van der Waals surface area contributed by atoms with Gasteiger partial charge < -0.3 is 5.32 Å². The number of carbonyl (C=O) groups excluding carboxylic acids is 2. The molecule has 4 heterocycles. The number of likely N-dealkylation sites (tertiary alicyclic amines) is 1.